The van der Waals surface area contributed by atoms with E-state index in [4.69, 9.17) is 26.1 Å². The summed E-state index contributed by atoms with van der Waals surface area (Å²) in [6.07, 6.45) is -0.276. The van der Waals surface area contributed by atoms with Gasteiger partial charge < -0.3 is 24.8 Å². The Balaban J connectivity index is 1.61. The van der Waals surface area contributed by atoms with Crippen LogP contribution in [0.15, 0.2) is 42.5 Å². The summed E-state index contributed by atoms with van der Waals surface area (Å²) in [5.41, 5.74) is 3.82. The van der Waals surface area contributed by atoms with E-state index in [0.29, 0.717) is 23.4 Å². The maximum atomic E-state index is 11.1. The molecule has 150 valence electrons. The van der Waals surface area contributed by atoms with Crippen molar-refractivity contribution < 1.29 is 19.1 Å². The monoisotopic (exact) mass is 432 g/mol. The Morgan fingerprint density at radius 1 is 1.14 bits per heavy atom. The smallest absolute Gasteiger partial charge is 0.329 e. The summed E-state index contributed by atoms with van der Waals surface area (Å²) in [7, 11) is -2.47. The van der Waals surface area contributed by atoms with E-state index in [1.807, 2.05) is 30.3 Å². The number of fused-ring (bicyclic) bond motifs is 3. The molecular formula is C19H18ClN4O4P. The number of nitrogens with one attached hydrogen (secondary N) is 2. The zero-order valence-corrected chi connectivity index (χ0v) is 17.0. The van der Waals surface area contributed by atoms with Crippen LogP contribution in [0, 0.1) is 0 Å². The lowest BCUT2D eigenvalue weighted by Crippen LogP contribution is -2.03. The molecule has 0 saturated carbocycles. The van der Waals surface area contributed by atoms with Gasteiger partial charge in [-0.15, -0.1) is 0 Å². The van der Waals surface area contributed by atoms with Crippen LogP contribution in [0.3, 0.4) is 0 Å². The Labute approximate surface area is 171 Å². The third-order valence-corrected chi connectivity index (χ3v) is 5.44. The van der Waals surface area contributed by atoms with Crippen LogP contribution in [0.4, 0.5) is 5.82 Å². The Bertz CT molecular complexity index is 1240. The highest BCUT2D eigenvalue weighted by molar-refractivity contribution is 7.50. The van der Waals surface area contributed by atoms with Gasteiger partial charge in [-0.2, -0.15) is 4.98 Å². The number of methoxy groups -OCH3 is 1. The lowest BCUT2D eigenvalue weighted by atomic mass is 10.1. The molecule has 4 rings (SSSR count). The van der Waals surface area contributed by atoms with Crippen molar-refractivity contribution in [2.75, 3.05) is 12.4 Å². The van der Waals surface area contributed by atoms with Gasteiger partial charge in [-0.25, -0.2) is 4.98 Å². The van der Waals surface area contributed by atoms with Crippen LogP contribution in [-0.4, -0.2) is 31.8 Å². The lowest BCUT2D eigenvalue weighted by Gasteiger charge is -2.09. The number of ether oxygens (including phenoxy) is 1. The second kappa shape index (κ2) is 7.65. The van der Waals surface area contributed by atoms with Gasteiger partial charge in [0.2, 0.25) is 5.28 Å². The van der Waals surface area contributed by atoms with E-state index >= 15 is 0 Å². The van der Waals surface area contributed by atoms with Crippen molar-refractivity contribution in [3.05, 3.63) is 58.9 Å². The molecule has 0 amide bonds. The topological polar surface area (TPSA) is 120 Å². The van der Waals surface area contributed by atoms with Gasteiger partial charge in [0.1, 0.15) is 16.8 Å². The first kappa shape index (κ1) is 19.7. The van der Waals surface area contributed by atoms with Crippen molar-refractivity contribution in [1.82, 2.24) is 15.0 Å². The Morgan fingerprint density at radius 3 is 2.55 bits per heavy atom. The number of halogens is 1. The molecular weight excluding hydrogens is 415 g/mol. The summed E-state index contributed by atoms with van der Waals surface area (Å²) in [4.78, 5) is 30.1. The normalized spacial score (nSPS) is 11.9. The van der Waals surface area contributed by atoms with Gasteiger partial charge in [-0.1, -0.05) is 24.3 Å². The van der Waals surface area contributed by atoms with Crippen LogP contribution in [0.1, 0.15) is 11.1 Å². The van der Waals surface area contributed by atoms with Gasteiger partial charge in [-0.3, -0.25) is 4.57 Å². The SMILES string of the molecule is COc1ccc2c(c1)[nH]c1c(NCc3ccc(CP(=O)(O)O)cc3)nc(Cl)nc12. The molecule has 2 aromatic heterocycles. The summed E-state index contributed by atoms with van der Waals surface area (Å²) >= 11 is 6.13. The van der Waals surface area contributed by atoms with Crippen molar-refractivity contribution in [1.29, 1.82) is 0 Å². The predicted molar refractivity (Wildman–Crippen MR) is 112 cm³/mol. The van der Waals surface area contributed by atoms with Gasteiger partial charge in [0.15, 0.2) is 5.82 Å². The van der Waals surface area contributed by atoms with Crippen LogP contribution in [0.25, 0.3) is 21.9 Å². The molecule has 8 nitrogen and oxygen atoms in total. The van der Waals surface area contributed by atoms with Crippen LogP contribution in [0.2, 0.25) is 5.28 Å². The van der Waals surface area contributed by atoms with Crippen LogP contribution in [0.5, 0.6) is 5.75 Å². The highest BCUT2D eigenvalue weighted by atomic mass is 35.5. The average molecular weight is 433 g/mol. The predicted octanol–water partition coefficient (Wildman–Crippen LogP) is 4.06. The molecule has 0 aliphatic rings. The number of hydrogen-bond donors (Lipinski definition) is 4. The first-order chi connectivity index (χ1) is 13.8. The maximum Gasteiger partial charge on any atom is 0.329 e. The maximum absolute atomic E-state index is 11.1. The molecule has 0 radical (unpaired) electrons. The van der Waals surface area contributed by atoms with E-state index in [9.17, 15) is 4.57 Å². The third-order valence-electron chi connectivity index (χ3n) is 4.49. The number of hydrogen-bond acceptors (Lipinski definition) is 5. The molecule has 29 heavy (non-hydrogen) atoms. The molecule has 0 spiro atoms. The molecule has 0 atom stereocenters. The third kappa shape index (κ3) is 4.36. The zero-order valence-electron chi connectivity index (χ0n) is 15.4. The molecule has 0 fully saturated rings. The molecule has 0 aliphatic heterocycles. The Morgan fingerprint density at radius 2 is 1.86 bits per heavy atom. The zero-order chi connectivity index (χ0) is 20.6. The van der Waals surface area contributed by atoms with Crippen molar-refractivity contribution >= 4 is 47.0 Å². The highest BCUT2D eigenvalue weighted by Gasteiger charge is 2.15. The Kier molecular flexibility index (Phi) is 5.19. The summed E-state index contributed by atoms with van der Waals surface area (Å²) < 4.78 is 16.4. The van der Waals surface area contributed by atoms with E-state index in [0.717, 1.165) is 27.7 Å². The van der Waals surface area contributed by atoms with Crippen LogP contribution < -0.4 is 10.1 Å². The number of benzene rings is 2. The van der Waals surface area contributed by atoms with Crippen molar-refractivity contribution in [2.24, 2.45) is 0 Å². The van der Waals surface area contributed by atoms with Gasteiger partial charge in [0.05, 0.1) is 18.8 Å². The molecule has 0 unspecified atom stereocenters. The number of H-pyrrole nitrogens is 1. The fraction of sp³-hybridized carbons (Fsp3) is 0.158. The quantitative estimate of drug-likeness (QED) is 0.268. The molecule has 10 heteroatoms. The second-order valence-electron chi connectivity index (χ2n) is 6.59. The second-order valence-corrected chi connectivity index (χ2v) is 8.58. The van der Waals surface area contributed by atoms with Gasteiger partial charge >= 0.3 is 7.60 Å². The van der Waals surface area contributed by atoms with E-state index in [2.05, 4.69) is 20.3 Å². The first-order valence-electron chi connectivity index (χ1n) is 8.71. The fourth-order valence-electron chi connectivity index (χ4n) is 3.16. The first-order valence-corrected chi connectivity index (χ1v) is 10.9. The van der Waals surface area contributed by atoms with Crippen molar-refractivity contribution in [3.63, 3.8) is 0 Å². The largest absolute Gasteiger partial charge is 0.497 e. The molecule has 4 N–H and O–H groups in total. The molecule has 2 aromatic carbocycles. The number of nitrogens with zero attached hydrogens (tertiary/aromatic N) is 2. The summed E-state index contributed by atoms with van der Waals surface area (Å²) in [6, 6.07) is 12.7. The minimum absolute atomic E-state index is 0.133. The lowest BCUT2D eigenvalue weighted by molar-refractivity contribution is 0.371. The van der Waals surface area contributed by atoms with E-state index in [1.165, 1.54) is 0 Å². The number of aromatic nitrogens is 3. The van der Waals surface area contributed by atoms with Crippen molar-refractivity contribution in [2.45, 2.75) is 12.7 Å². The number of anilines is 1. The van der Waals surface area contributed by atoms with E-state index < -0.39 is 7.60 Å². The molecule has 0 bridgehead atoms. The van der Waals surface area contributed by atoms with E-state index in [1.54, 1.807) is 19.2 Å². The number of aromatic amines is 1. The highest BCUT2D eigenvalue weighted by Crippen LogP contribution is 2.39. The molecule has 0 saturated heterocycles. The van der Waals surface area contributed by atoms with Gasteiger partial charge in [-0.05, 0) is 34.9 Å². The minimum Gasteiger partial charge on any atom is -0.497 e. The van der Waals surface area contributed by atoms with E-state index in [-0.39, 0.29) is 11.4 Å². The molecule has 2 heterocycles. The minimum atomic E-state index is -4.08. The van der Waals surface area contributed by atoms with Crippen LogP contribution >= 0.6 is 19.2 Å². The van der Waals surface area contributed by atoms with Gasteiger partial charge in [0, 0.05) is 18.0 Å². The van der Waals surface area contributed by atoms with Crippen LogP contribution in [-0.2, 0) is 17.3 Å². The summed E-state index contributed by atoms with van der Waals surface area (Å²) in [5, 5.41) is 4.30. The fourth-order valence-corrected chi connectivity index (χ4v) is 4.01. The van der Waals surface area contributed by atoms with Gasteiger partial charge in [0.25, 0.3) is 0 Å². The summed E-state index contributed by atoms with van der Waals surface area (Å²) in [6.45, 7) is 0.456. The number of rotatable bonds is 6. The van der Waals surface area contributed by atoms with Crippen molar-refractivity contribution in [3.8, 4) is 5.75 Å². The summed E-state index contributed by atoms with van der Waals surface area (Å²) in [5.74, 6) is 1.29. The average Bonchev–Trinajstić information content (AvgIpc) is 3.03. The molecule has 4 aromatic rings. The standard InChI is InChI=1S/C19H18ClN4O4P/c1-28-13-6-7-14-15(8-13)22-17-16(14)23-19(20)24-18(17)21-9-11-2-4-12(5-3-11)10-29(25,26)27/h2-8,22H,9-10H2,1H3,(H,21,23,24)(H2,25,26,27). The Hall–Kier alpha value is -2.64. The molecule has 0 aliphatic carbocycles.